The monoisotopic (exact) mass is 455 g/mol. The summed E-state index contributed by atoms with van der Waals surface area (Å²) in [6, 6.07) is 8.90. The minimum atomic E-state index is -3.48. The van der Waals surface area contributed by atoms with Gasteiger partial charge in [0.25, 0.3) is 0 Å². The molecule has 2 heterocycles. The van der Waals surface area contributed by atoms with Gasteiger partial charge in [-0.25, -0.2) is 0 Å². The van der Waals surface area contributed by atoms with E-state index in [2.05, 4.69) is 25.7 Å². The van der Waals surface area contributed by atoms with Crippen LogP contribution in [-0.2, 0) is 12.5 Å². The number of fused-ring (bicyclic) bond motifs is 1. The summed E-state index contributed by atoms with van der Waals surface area (Å²) in [5, 5.41) is 18.2. The molecular formula is C18H13ClF2KN7O. The molecule has 0 fully saturated rings. The Bertz CT molecular complexity index is 1230. The van der Waals surface area contributed by atoms with Gasteiger partial charge in [0.1, 0.15) is 0 Å². The molecule has 0 saturated heterocycles. The molecule has 30 heavy (non-hydrogen) atoms. The first-order chi connectivity index (χ1) is 13.8. The van der Waals surface area contributed by atoms with Crippen LogP contribution in [0.1, 0.15) is 33.0 Å². The van der Waals surface area contributed by atoms with Gasteiger partial charge in [-0.2, -0.15) is 19.1 Å². The van der Waals surface area contributed by atoms with Gasteiger partial charge in [0, 0.05) is 27.1 Å². The predicted molar refractivity (Wildman–Crippen MR) is 99.7 cm³/mol. The smallest absolute Gasteiger partial charge is 0.366 e. The maximum atomic E-state index is 14.7. The Labute approximate surface area is 216 Å². The average Bonchev–Trinajstić information content (AvgIpc) is 3.32. The van der Waals surface area contributed by atoms with Crippen LogP contribution < -0.4 is 62.2 Å². The zero-order chi connectivity index (χ0) is 20.8. The van der Waals surface area contributed by atoms with Crippen LogP contribution in [0.25, 0.3) is 10.9 Å². The molecule has 12 heteroatoms. The molecular weight excluding hydrogens is 443 g/mol. The SMILES string of the molecule is Cc1nn(Cc2c(Cl)cccc2C(N)=O)c2cc(C(F)(F)c3nnn[n-]3)ccc12.[K+]. The van der Waals surface area contributed by atoms with E-state index in [1.54, 1.807) is 31.2 Å². The number of benzene rings is 2. The Morgan fingerprint density at radius 1 is 1.30 bits per heavy atom. The van der Waals surface area contributed by atoms with Gasteiger partial charge in [-0.1, -0.05) is 29.8 Å². The largest absolute Gasteiger partial charge is 1.00 e. The molecule has 0 aliphatic heterocycles. The third-order valence-corrected chi connectivity index (χ3v) is 4.94. The Kier molecular flexibility index (Phi) is 6.70. The van der Waals surface area contributed by atoms with Crippen molar-refractivity contribution in [2.24, 2.45) is 5.73 Å². The number of carbonyl (C=O) groups is 1. The summed E-state index contributed by atoms with van der Waals surface area (Å²) in [4.78, 5) is 11.8. The number of amides is 1. The molecule has 0 saturated carbocycles. The van der Waals surface area contributed by atoms with E-state index in [0.29, 0.717) is 27.2 Å². The van der Waals surface area contributed by atoms with Gasteiger partial charge in [0.2, 0.25) is 5.91 Å². The van der Waals surface area contributed by atoms with E-state index >= 15 is 0 Å². The first kappa shape index (κ1) is 22.9. The van der Waals surface area contributed by atoms with Gasteiger partial charge in [-0.15, -0.1) is 0 Å². The van der Waals surface area contributed by atoms with E-state index in [4.69, 9.17) is 17.3 Å². The summed E-state index contributed by atoms with van der Waals surface area (Å²) in [6.07, 6.45) is 0. The van der Waals surface area contributed by atoms with Crippen molar-refractivity contribution in [3.63, 3.8) is 0 Å². The van der Waals surface area contributed by atoms with Crippen LogP contribution in [-0.4, -0.2) is 31.2 Å². The number of carbonyl (C=O) groups excluding carboxylic acids is 1. The number of primary amides is 1. The van der Waals surface area contributed by atoms with Crippen molar-refractivity contribution < 1.29 is 65.0 Å². The Hall–Kier alpha value is -1.76. The second kappa shape index (κ2) is 8.77. The molecule has 0 aliphatic rings. The average molecular weight is 456 g/mol. The van der Waals surface area contributed by atoms with Crippen molar-refractivity contribution in [3.05, 3.63) is 69.6 Å². The van der Waals surface area contributed by atoms with Crippen LogP contribution in [0.15, 0.2) is 36.4 Å². The number of alkyl halides is 2. The molecule has 2 N–H and O–H groups in total. The van der Waals surface area contributed by atoms with Crippen LogP contribution in [0.3, 0.4) is 0 Å². The zero-order valence-electron chi connectivity index (χ0n) is 16.0. The number of halogens is 3. The number of aryl methyl sites for hydroxylation is 1. The van der Waals surface area contributed by atoms with Gasteiger partial charge in [-0.05, 0) is 25.1 Å². The van der Waals surface area contributed by atoms with Crippen LogP contribution in [0, 0.1) is 6.92 Å². The van der Waals surface area contributed by atoms with Crippen LogP contribution in [0.5, 0.6) is 0 Å². The molecule has 0 spiro atoms. The second-order valence-corrected chi connectivity index (χ2v) is 6.79. The maximum Gasteiger partial charge on any atom is 1.00 e. The summed E-state index contributed by atoms with van der Waals surface area (Å²) in [7, 11) is 0. The standard InChI is InChI=1S/C18H14ClF2N7O.K/c1-9-11-6-5-10(18(20,21)17-23-26-27-24-17)7-15(11)28(25-9)8-13-12(16(22)29)3-2-4-14(13)19;/h2-7H,8H2,1H3,(H3,22,23,24,26,27,29);/q;+1/p-1. The minimum absolute atomic E-state index is 0. The van der Waals surface area contributed by atoms with Crippen LogP contribution in [0.2, 0.25) is 5.02 Å². The van der Waals surface area contributed by atoms with Crippen molar-refractivity contribution in [2.75, 3.05) is 0 Å². The molecule has 2 aromatic carbocycles. The molecule has 1 amide bonds. The van der Waals surface area contributed by atoms with Crippen molar-refractivity contribution in [2.45, 2.75) is 19.4 Å². The zero-order valence-corrected chi connectivity index (χ0v) is 19.9. The number of nitrogens with two attached hydrogens (primary N) is 1. The van der Waals surface area contributed by atoms with Gasteiger partial charge in [0.15, 0.2) is 0 Å². The second-order valence-electron chi connectivity index (χ2n) is 6.38. The van der Waals surface area contributed by atoms with E-state index in [-0.39, 0.29) is 69.1 Å². The summed E-state index contributed by atoms with van der Waals surface area (Å²) in [6.45, 7) is 1.83. The Morgan fingerprint density at radius 3 is 2.73 bits per heavy atom. The maximum absolute atomic E-state index is 14.7. The third kappa shape index (κ3) is 4.05. The van der Waals surface area contributed by atoms with Crippen molar-refractivity contribution in [1.82, 2.24) is 30.4 Å². The normalized spacial score (nSPS) is 11.5. The number of tetrazole rings is 1. The molecule has 0 atom stereocenters. The molecule has 0 unspecified atom stereocenters. The van der Waals surface area contributed by atoms with Crippen LogP contribution in [0.4, 0.5) is 8.78 Å². The van der Waals surface area contributed by atoms with Gasteiger partial charge in [0.05, 0.1) is 23.6 Å². The predicted octanol–water partition coefficient (Wildman–Crippen LogP) is -0.568. The summed E-state index contributed by atoms with van der Waals surface area (Å²) in [5.74, 6) is -4.92. The molecule has 0 aliphatic carbocycles. The van der Waals surface area contributed by atoms with Crippen molar-refractivity contribution >= 4 is 28.4 Å². The van der Waals surface area contributed by atoms with Crippen LogP contribution >= 0.6 is 11.6 Å². The number of rotatable bonds is 5. The first-order valence-corrected chi connectivity index (χ1v) is 8.78. The minimum Gasteiger partial charge on any atom is -0.366 e. The van der Waals surface area contributed by atoms with Gasteiger partial charge in [-0.3, -0.25) is 19.8 Å². The number of aromatic nitrogens is 6. The number of hydrogen-bond acceptors (Lipinski definition) is 5. The topological polar surface area (TPSA) is 114 Å². The third-order valence-electron chi connectivity index (χ3n) is 4.59. The fourth-order valence-electron chi connectivity index (χ4n) is 3.16. The van der Waals surface area contributed by atoms with E-state index in [1.807, 2.05) is 0 Å². The van der Waals surface area contributed by atoms with Crippen molar-refractivity contribution in [3.8, 4) is 0 Å². The van der Waals surface area contributed by atoms with Crippen molar-refractivity contribution in [1.29, 1.82) is 0 Å². The molecule has 2 aromatic heterocycles. The Balaban J connectivity index is 0.00000256. The molecule has 148 valence electrons. The summed E-state index contributed by atoms with van der Waals surface area (Å²) < 4.78 is 31.0. The summed E-state index contributed by atoms with van der Waals surface area (Å²) >= 11 is 6.25. The number of hydrogen-bond donors (Lipinski definition) is 1. The summed E-state index contributed by atoms with van der Waals surface area (Å²) in [5.41, 5.74) is 6.86. The molecule has 0 bridgehead atoms. The van der Waals surface area contributed by atoms with E-state index < -0.39 is 17.7 Å². The molecule has 4 aromatic rings. The van der Waals surface area contributed by atoms with Gasteiger partial charge < -0.3 is 10.8 Å². The molecule has 8 nitrogen and oxygen atoms in total. The first-order valence-electron chi connectivity index (χ1n) is 8.41. The van der Waals surface area contributed by atoms with E-state index in [0.717, 1.165) is 0 Å². The molecule has 4 rings (SSSR count). The van der Waals surface area contributed by atoms with E-state index in [9.17, 15) is 13.6 Å². The fourth-order valence-corrected chi connectivity index (χ4v) is 3.39. The fraction of sp³-hybridized carbons (Fsp3) is 0.167. The number of nitrogens with zero attached hydrogens (tertiary/aromatic N) is 6. The molecule has 0 radical (unpaired) electrons. The quantitative estimate of drug-likeness (QED) is 0.403. The van der Waals surface area contributed by atoms with Gasteiger partial charge >= 0.3 is 57.3 Å². The Morgan fingerprint density at radius 2 is 2.07 bits per heavy atom. The van der Waals surface area contributed by atoms with E-state index in [1.165, 1.54) is 16.8 Å².